The first-order chi connectivity index (χ1) is 12.7. The zero-order valence-electron chi connectivity index (χ0n) is 15.7. The lowest BCUT2D eigenvalue weighted by Gasteiger charge is -2.12. The molecular weight excluding hydrogens is 342 g/mol. The average Bonchev–Trinajstić information content (AvgIpc) is 2.64. The minimum atomic E-state index is -1.55. The molecule has 0 aliphatic carbocycles. The molecule has 2 rings (SSSR count). The van der Waals surface area contributed by atoms with E-state index < -0.39 is 23.5 Å². The molecule has 0 radical (unpaired) electrons. The first-order valence-corrected chi connectivity index (χ1v) is 8.43. The van der Waals surface area contributed by atoms with Crippen LogP contribution in [0.15, 0.2) is 36.4 Å². The number of benzene rings is 2. The third-order valence-electron chi connectivity index (χ3n) is 4.51. The standard InChI is InChI=1S/C21H21N3O3/c1-12-5-7-16(9-14(12)3)19(25)18(11-22)21(27)24-23-20(26)17-8-6-13(2)15(4)10-17/h5-10,18H,1-4H3,(H,23,26)(H,24,27)/t18-/m1/s1. The zero-order valence-corrected chi connectivity index (χ0v) is 15.7. The summed E-state index contributed by atoms with van der Waals surface area (Å²) in [5.74, 6) is -3.56. The lowest BCUT2D eigenvalue weighted by Crippen LogP contribution is -2.46. The first-order valence-electron chi connectivity index (χ1n) is 8.43. The van der Waals surface area contributed by atoms with E-state index in [1.165, 1.54) is 0 Å². The van der Waals surface area contributed by atoms with Crippen LogP contribution in [-0.4, -0.2) is 17.6 Å². The number of carbonyl (C=O) groups is 3. The Balaban J connectivity index is 2.07. The predicted octanol–water partition coefficient (Wildman–Crippen LogP) is 2.70. The van der Waals surface area contributed by atoms with E-state index in [9.17, 15) is 19.6 Å². The topological polar surface area (TPSA) is 99.1 Å². The molecule has 0 heterocycles. The molecule has 0 aliphatic rings. The van der Waals surface area contributed by atoms with Gasteiger partial charge in [0, 0.05) is 11.1 Å². The summed E-state index contributed by atoms with van der Waals surface area (Å²) < 4.78 is 0. The van der Waals surface area contributed by atoms with Crippen molar-refractivity contribution in [3.8, 4) is 6.07 Å². The number of carbonyl (C=O) groups excluding carboxylic acids is 3. The van der Waals surface area contributed by atoms with Crippen LogP contribution in [0.4, 0.5) is 0 Å². The Hall–Kier alpha value is -3.46. The van der Waals surface area contributed by atoms with Crippen LogP contribution in [0.2, 0.25) is 0 Å². The average molecular weight is 363 g/mol. The van der Waals surface area contributed by atoms with E-state index in [1.807, 2.05) is 27.7 Å². The van der Waals surface area contributed by atoms with E-state index in [2.05, 4.69) is 10.9 Å². The molecular formula is C21H21N3O3. The SMILES string of the molecule is Cc1ccc(C(=O)NNC(=O)[C@H](C#N)C(=O)c2ccc(C)c(C)c2)cc1C. The lowest BCUT2D eigenvalue weighted by atomic mass is 9.95. The van der Waals surface area contributed by atoms with Gasteiger partial charge in [0.05, 0.1) is 6.07 Å². The third kappa shape index (κ3) is 4.59. The van der Waals surface area contributed by atoms with Gasteiger partial charge in [-0.1, -0.05) is 18.2 Å². The van der Waals surface area contributed by atoms with Crippen LogP contribution in [0.3, 0.4) is 0 Å². The molecule has 138 valence electrons. The molecule has 0 saturated heterocycles. The van der Waals surface area contributed by atoms with Gasteiger partial charge in [0.15, 0.2) is 11.7 Å². The van der Waals surface area contributed by atoms with E-state index in [1.54, 1.807) is 42.5 Å². The second-order valence-corrected chi connectivity index (χ2v) is 6.47. The first kappa shape index (κ1) is 19.9. The molecule has 2 aromatic carbocycles. The fourth-order valence-electron chi connectivity index (χ4n) is 2.44. The summed E-state index contributed by atoms with van der Waals surface area (Å²) in [4.78, 5) is 36.9. The number of Topliss-reactive ketones (excluding diaryl/α,β-unsaturated/α-hetero) is 1. The van der Waals surface area contributed by atoms with Gasteiger partial charge in [0.25, 0.3) is 11.8 Å². The van der Waals surface area contributed by atoms with Crippen molar-refractivity contribution in [2.75, 3.05) is 0 Å². The van der Waals surface area contributed by atoms with Crippen molar-refractivity contribution in [2.24, 2.45) is 5.92 Å². The highest BCUT2D eigenvalue weighted by atomic mass is 16.2. The highest BCUT2D eigenvalue weighted by Crippen LogP contribution is 2.14. The summed E-state index contributed by atoms with van der Waals surface area (Å²) in [7, 11) is 0. The van der Waals surface area contributed by atoms with Crippen LogP contribution in [0.25, 0.3) is 0 Å². The summed E-state index contributed by atoms with van der Waals surface area (Å²) in [6.07, 6.45) is 0. The monoisotopic (exact) mass is 363 g/mol. The molecule has 0 aromatic heterocycles. The summed E-state index contributed by atoms with van der Waals surface area (Å²) in [6.45, 7) is 7.55. The van der Waals surface area contributed by atoms with Crippen molar-refractivity contribution in [3.63, 3.8) is 0 Å². The number of rotatable bonds is 4. The number of aryl methyl sites for hydroxylation is 4. The van der Waals surface area contributed by atoms with Gasteiger partial charge in [0.1, 0.15) is 0 Å². The number of nitrogens with zero attached hydrogens (tertiary/aromatic N) is 1. The Kier molecular flexibility index (Phi) is 6.09. The molecule has 0 bridgehead atoms. The summed E-state index contributed by atoms with van der Waals surface area (Å²) >= 11 is 0. The second kappa shape index (κ2) is 8.28. The van der Waals surface area contributed by atoms with E-state index in [0.29, 0.717) is 5.56 Å². The Labute approximate surface area is 158 Å². The number of amides is 2. The number of hydrazine groups is 1. The molecule has 27 heavy (non-hydrogen) atoms. The maximum atomic E-state index is 12.5. The van der Waals surface area contributed by atoms with Gasteiger partial charge in [-0.15, -0.1) is 0 Å². The Morgan fingerprint density at radius 2 is 1.33 bits per heavy atom. The molecule has 0 aliphatic heterocycles. The van der Waals surface area contributed by atoms with Gasteiger partial charge in [-0.25, -0.2) is 0 Å². The largest absolute Gasteiger partial charge is 0.292 e. The molecule has 2 N–H and O–H groups in total. The van der Waals surface area contributed by atoms with Gasteiger partial charge in [-0.05, 0) is 68.1 Å². The molecule has 0 fully saturated rings. The zero-order chi connectivity index (χ0) is 20.1. The van der Waals surface area contributed by atoms with Crippen LogP contribution in [0, 0.1) is 44.9 Å². The normalized spacial score (nSPS) is 11.2. The number of hydrogen-bond acceptors (Lipinski definition) is 4. The maximum Gasteiger partial charge on any atom is 0.269 e. The molecule has 2 amide bonds. The molecule has 0 spiro atoms. The lowest BCUT2D eigenvalue weighted by molar-refractivity contribution is -0.123. The number of ketones is 1. The van der Waals surface area contributed by atoms with E-state index in [0.717, 1.165) is 22.3 Å². The van der Waals surface area contributed by atoms with E-state index >= 15 is 0 Å². The van der Waals surface area contributed by atoms with Crippen molar-refractivity contribution in [2.45, 2.75) is 27.7 Å². The minimum absolute atomic E-state index is 0.278. The molecule has 0 unspecified atom stereocenters. The molecule has 6 heteroatoms. The van der Waals surface area contributed by atoms with Crippen molar-refractivity contribution >= 4 is 17.6 Å². The quantitative estimate of drug-likeness (QED) is 0.496. The highest BCUT2D eigenvalue weighted by molar-refractivity contribution is 6.12. The maximum absolute atomic E-state index is 12.5. The molecule has 2 aromatic rings. The number of nitriles is 1. The summed E-state index contributed by atoms with van der Waals surface area (Å²) in [5.41, 5.74) is 8.93. The van der Waals surface area contributed by atoms with Crippen molar-refractivity contribution in [1.82, 2.24) is 10.9 Å². The Morgan fingerprint density at radius 1 is 0.815 bits per heavy atom. The van der Waals surface area contributed by atoms with Gasteiger partial charge in [-0.2, -0.15) is 5.26 Å². The van der Waals surface area contributed by atoms with Crippen molar-refractivity contribution < 1.29 is 14.4 Å². The molecule has 6 nitrogen and oxygen atoms in total. The van der Waals surface area contributed by atoms with Crippen LogP contribution in [-0.2, 0) is 4.79 Å². The van der Waals surface area contributed by atoms with Crippen LogP contribution < -0.4 is 10.9 Å². The minimum Gasteiger partial charge on any atom is -0.292 e. The fraction of sp³-hybridized carbons (Fsp3) is 0.238. The van der Waals surface area contributed by atoms with Crippen LogP contribution >= 0.6 is 0 Å². The van der Waals surface area contributed by atoms with Crippen molar-refractivity contribution in [1.29, 1.82) is 5.26 Å². The van der Waals surface area contributed by atoms with Crippen LogP contribution in [0.5, 0.6) is 0 Å². The fourth-order valence-corrected chi connectivity index (χ4v) is 2.44. The number of nitrogens with one attached hydrogen (secondary N) is 2. The smallest absolute Gasteiger partial charge is 0.269 e. The van der Waals surface area contributed by atoms with Gasteiger partial charge in [0.2, 0.25) is 0 Å². The Morgan fingerprint density at radius 3 is 1.85 bits per heavy atom. The third-order valence-corrected chi connectivity index (χ3v) is 4.51. The second-order valence-electron chi connectivity index (χ2n) is 6.47. The van der Waals surface area contributed by atoms with Gasteiger partial charge < -0.3 is 0 Å². The summed E-state index contributed by atoms with van der Waals surface area (Å²) in [5, 5.41) is 9.26. The number of hydrogen-bond donors (Lipinski definition) is 2. The van der Waals surface area contributed by atoms with E-state index in [-0.39, 0.29) is 5.56 Å². The van der Waals surface area contributed by atoms with Crippen molar-refractivity contribution in [3.05, 3.63) is 69.8 Å². The Bertz CT molecular complexity index is 958. The van der Waals surface area contributed by atoms with Gasteiger partial charge >= 0.3 is 0 Å². The van der Waals surface area contributed by atoms with Crippen LogP contribution in [0.1, 0.15) is 43.0 Å². The predicted molar refractivity (Wildman–Crippen MR) is 101 cm³/mol. The highest BCUT2D eigenvalue weighted by Gasteiger charge is 2.28. The van der Waals surface area contributed by atoms with E-state index in [4.69, 9.17) is 0 Å². The van der Waals surface area contributed by atoms with Gasteiger partial charge in [-0.3, -0.25) is 25.2 Å². The molecule has 1 atom stereocenters. The molecule has 0 saturated carbocycles. The summed E-state index contributed by atoms with van der Waals surface area (Å²) in [6, 6.07) is 11.8.